The number of alkyl halides is 3. The topological polar surface area (TPSA) is 75.6 Å². The van der Waals surface area contributed by atoms with Crippen LogP contribution in [0.15, 0.2) is 54.2 Å². The van der Waals surface area contributed by atoms with Gasteiger partial charge in [-0.2, -0.15) is 13.2 Å². The van der Waals surface area contributed by atoms with Crippen LogP contribution in [-0.2, 0) is 15.8 Å². The highest BCUT2D eigenvalue weighted by Crippen LogP contribution is 2.36. The van der Waals surface area contributed by atoms with Gasteiger partial charge in [0.15, 0.2) is 0 Å². The van der Waals surface area contributed by atoms with Crippen LogP contribution in [0.4, 0.5) is 13.2 Å². The highest BCUT2D eigenvalue weighted by Gasteiger charge is 2.34. The molecule has 1 fully saturated rings. The minimum Gasteiger partial charge on any atom is -0.477 e. The van der Waals surface area contributed by atoms with Crippen molar-refractivity contribution in [3.05, 3.63) is 65.4 Å². The largest absolute Gasteiger partial charge is 0.477 e. The number of aliphatic carboxylic acids is 1. The maximum atomic E-state index is 13.7. The van der Waals surface area contributed by atoms with E-state index in [-0.39, 0.29) is 17.7 Å². The van der Waals surface area contributed by atoms with Gasteiger partial charge in [-0.25, -0.2) is 4.79 Å². The van der Waals surface area contributed by atoms with Crippen molar-refractivity contribution in [3.8, 4) is 11.5 Å². The predicted molar refractivity (Wildman–Crippen MR) is 113 cm³/mol. The van der Waals surface area contributed by atoms with E-state index in [0.29, 0.717) is 18.1 Å². The molecule has 0 bridgehead atoms. The number of carbonyl (C=O) groups is 2. The van der Waals surface area contributed by atoms with E-state index in [1.54, 1.807) is 30.3 Å². The number of rotatable bonds is 8. The molecule has 0 aromatic heterocycles. The Bertz CT molecular complexity index is 980. The van der Waals surface area contributed by atoms with Crippen LogP contribution in [0.2, 0.25) is 0 Å². The van der Waals surface area contributed by atoms with Gasteiger partial charge in [-0.05, 0) is 48.2 Å². The first-order chi connectivity index (χ1) is 15.2. The summed E-state index contributed by atoms with van der Waals surface area (Å²) in [7, 11) is 0. The summed E-state index contributed by atoms with van der Waals surface area (Å²) >= 11 is 0. The lowest BCUT2D eigenvalue weighted by molar-refractivity contribution is -0.138. The van der Waals surface area contributed by atoms with Crippen molar-refractivity contribution in [3.63, 3.8) is 0 Å². The van der Waals surface area contributed by atoms with Gasteiger partial charge in [0.05, 0.1) is 5.56 Å². The fraction of sp³-hybridized carbons (Fsp3) is 0.333. The molecule has 0 saturated heterocycles. The number of carboxylic acids is 1. The van der Waals surface area contributed by atoms with Crippen LogP contribution in [-0.4, -0.2) is 17.0 Å². The van der Waals surface area contributed by atoms with E-state index in [1.165, 1.54) is 6.07 Å². The van der Waals surface area contributed by atoms with Gasteiger partial charge in [0.25, 0.3) is 0 Å². The molecule has 1 aliphatic carbocycles. The Kier molecular flexibility index (Phi) is 7.56. The molecule has 0 spiro atoms. The zero-order valence-electron chi connectivity index (χ0n) is 17.3. The average Bonchev–Trinajstić information content (AvgIpc) is 3.26. The molecule has 32 heavy (non-hydrogen) atoms. The Morgan fingerprint density at radius 1 is 1.06 bits per heavy atom. The maximum Gasteiger partial charge on any atom is 0.417 e. The minimum absolute atomic E-state index is 0.0434. The van der Waals surface area contributed by atoms with Crippen LogP contribution in [0.25, 0.3) is 6.08 Å². The Labute approximate surface area is 183 Å². The predicted octanol–water partition coefficient (Wildman–Crippen LogP) is 6.01. The summed E-state index contributed by atoms with van der Waals surface area (Å²) < 4.78 is 46.4. The zero-order chi connectivity index (χ0) is 23.1. The molecule has 1 aliphatic rings. The van der Waals surface area contributed by atoms with Gasteiger partial charge in [-0.3, -0.25) is 4.79 Å². The molecule has 1 amide bonds. The van der Waals surface area contributed by atoms with Gasteiger partial charge >= 0.3 is 12.1 Å². The number of halogens is 3. The van der Waals surface area contributed by atoms with Crippen LogP contribution in [0, 0.1) is 5.92 Å². The molecule has 0 unspecified atom stereocenters. The highest BCUT2D eigenvalue weighted by molar-refractivity contribution is 5.97. The first-order valence-corrected chi connectivity index (χ1v) is 10.4. The second-order valence-corrected chi connectivity index (χ2v) is 7.76. The van der Waals surface area contributed by atoms with E-state index in [1.807, 2.05) is 0 Å². The van der Waals surface area contributed by atoms with Crippen molar-refractivity contribution in [2.75, 3.05) is 0 Å². The van der Waals surface area contributed by atoms with E-state index >= 15 is 0 Å². The molecule has 0 heterocycles. The minimum atomic E-state index is -4.75. The zero-order valence-corrected chi connectivity index (χ0v) is 17.3. The lowest BCUT2D eigenvalue weighted by atomic mass is 10.0. The van der Waals surface area contributed by atoms with E-state index in [9.17, 15) is 27.9 Å². The Morgan fingerprint density at radius 3 is 2.38 bits per heavy atom. The van der Waals surface area contributed by atoms with E-state index in [2.05, 4.69) is 5.32 Å². The standard InChI is InChI=1S/C24H24F3NO4/c25-24(26,27)20-15-19(32-18-8-2-1-3-9-18)12-11-17(20)14-21(23(30)31)28-22(29)13-10-16-6-4-5-7-16/h1-3,8-9,11-12,14-16H,4-7,10,13H2,(H,28,29)(H,30,31)/b21-14+. The monoisotopic (exact) mass is 447 g/mol. The first kappa shape index (κ1) is 23.4. The second kappa shape index (κ2) is 10.3. The van der Waals surface area contributed by atoms with Gasteiger partial charge in [0, 0.05) is 6.42 Å². The van der Waals surface area contributed by atoms with Crippen molar-refractivity contribution in [2.45, 2.75) is 44.7 Å². The summed E-state index contributed by atoms with van der Waals surface area (Å²) in [4.78, 5) is 23.8. The number of hydrogen-bond donors (Lipinski definition) is 2. The lowest BCUT2D eigenvalue weighted by Crippen LogP contribution is -2.27. The average molecular weight is 447 g/mol. The second-order valence-electron chi connectivity index (χ2n) is 7.76. The molecule has 2 aromatic carbocycles. The number of nitrogens with one attached hydrogen (secondary N) is 1. The van der Waals surface area contributed by atoms with E-state index in [0.717, 1.165) is 43.9 Å². The van der Waals surface area contributed by atoms with Crippen LogP contribution in [0.1, 0.15) is 49.7 Å². The van der Waals surface area contributed by atoms with Crippen LogP contribution >= 0.6 is 0 Å². The van der Waals surface area contributed by atoms with Gasteiger partial charge in [0.2, 0.25) is 5.91 Å². The van der Waals surface area contributed by atoms with Gasteiger partial charge < -0.3 is 15.2 Å². The summed E-state index contributed by atoms with van der Waals surface area (Å²) in [5, 5.41) is 11.7. The summed E-state index contributed by atoms with van der Waals surface area (Å²) in [6, 6.07) is 11.6. The summed E-state index contributed by atoms with van der Waals surface area (Å²) in [6.07, 6.45) is 1.17. The van der Waals surface area contributed by atoms with Gasteiger partial charge in [-0.1, -0.05) is 49.9 Å². The molecule has 0 aliphatic heterocycles. The quantitative estimate of drug-likeness (QED) is 0.486. The summed E-state index contributed by atoms with van der Waals surface area (Å²) in [6.45, 7) is 0. The number of benzene rings is 2. The molecule has 0 radical (unpaired) electrons. The SMILES string of the molecule is O=C(CCC1CCCC1)N/C(=C/c1ccc(Oc2ccccc2)cc1C(F)(F)F)C(=O)O. The molecular weight excluding hydrogens is 423 g/mol. The number of carbonyl (C=O) groups excluding carboxylic acids is 1. The Hall–Kier alpha value is -3.29. The summed E-state index contributed by atoms with van der Waals surface area (Å²) in [5.41, 5.74) is -2.06. The fourth-order valence-electron chi connectivity index (χ4n) is 3.75. The molecule has 1 saturated carbocycles. The Morgan fingerprint density at radius 2 is 1.75 bits per heavy atom. The van der Waals surface area contributed by atoms with Crippen molar-refractivity contribution >= 4 is 18.0 Å². The third-order valence-electron chi connectivity index (χ3n) is 5.37. The number of carboxylic acid groups (broad SMARTS) is 1. The van der Waals surface area contributed by atoms with Crippen molar-refractivity contribution in [1.29, 1.82) is 0 Å². The maximum absolute atomic E-state index is 13.7. The number of para-hydroxylation sites is 1. The molecule has 5 nitrogen and oxygen atoms in total. The van der Waals surface area contributed by atoms with Crippen molar-refractivity contribution in [1.82, 2.24) is 5.32 Å². The van der Waals surface area contributed by atoms with E-state index in [4.69, 9.17) is 4.74 Å². The number of hydrogen-bond acceptors (Lipinski definition) is 3. The van der Waals surface area contributed by atoms with Crippen LogP contribution < -0.4 is 10.1 Å². The first-order valence-electron chi connectivity index (χ1n) is 10.4. The number of ether oxygens (including phenoxy) is 1. The van der Waals surface area contributed by atoms with Crippen LogP contribution in [0.5, 0.6) is 11.5 Å². The Balaban J connectivity index is 1.80. The molecule has 8 heteroatoms. The third-order valence-corrected chi connectivity index (χ3v) is 5.37. The molecule has 2 aromatic rings. The third kappa shape index (κ3) is 6.60. The molecule has 170 valence electrons. The smallest absolute Gasteiger partial charge is 0.417 e. The molecule has 3 rings (SSSR count). The highest BCUT2D eigenvalue weighted by atomic mass is 19.4. The van der Waals surface area contributed by atoms with Gasteiger partial charge in [-0.15, -0.1) is 0 Å². The molecular formula is C24H24F3NO4. The van der Waals surface area contributed by atoms with Gasteiger partial charge in [0.1, 0.15) is 17.2 Å². The van der Waals surface area contributed by atoms with Crippen LogP contribution in [0.3, 0.4) is 0 Å². The van der Waals surface area contributed by atoms with Crippen molar-refractivity contribution < 1.29 is 32.6 Å². The normalized spacial score (nSPS) is 14.9. The van der Waals surface area contributed by atoms with E-state index < -0.39 is 29.3 Å². The molecule has 2 N–H and O–H groups in total. The fourth-order valence-corrected chi connectivity index (χ4v) is 3.75. The number of amides is 1. The van der Waals surface area contributed by atoms with Crippen molar-refractivity contribution in [2.24, 2.45) is 5.92 Å². The summed E-state index contributed by atoms with van der Waals surface area (Å²) in [5.74, 6) is -1.28. The lowest BCUT2D eigenvalue weighted by Gasteiger charge is -2.14. The molecule has 0 atom stereocenters.